The van der Waals surface area contributed by atoms with Crippen molar-refractivity contribution in [3.63, 3.8) is 0 Å². The fraction of sp³-hybridized carbons (Fsp3) is 0.368. The monoisotopic (exact) mass is 331 g/mol. The van der Waals surface area contributed by atoms with E-state index in [0.717, 1.165) is 22.8 Å². The number of hydrogen-bond donors (Lipinski definition) is 2. The summed E-state index contributed by atoms with van der Waals surface area (Å²) in [4.78, 5) is 22.2. The van der Waals surface area contributed by atoms with Crippen LogP contribution in [0.2, 0.25) is 0 Å². The molecule has 0 fully saturated rings. The van der Waals surface area contributed by atoms with Gasteiger partial charge in [-0.15, -0.1) is 0 Å². The molecule has 0 saturated heterocycles. The molecule has 1 unspecified atom stereocenters. The summed E-state index contributed by atoms with van der Waals surface area (Å²) in [7, 11) is 0. The summed E-state index contributed by atoms with van der Waals surface area (Å²) in [5.74, 6) is -0.573. The third-order valence-electron chi connectivity index (χ3n) is 3.84. The largest absolute Gasteiger partial charge is 0.465 e. The molecule has 0 saturated carbocycles. The van der Waals surface area contributed by atoms with Crippen molar-refractivity contribution in [2.24, 2.45) is 0 Å². The lowest BCUT2D eigenvalue weighted by Gasteiger charge is -2.30. The second kappa shape index (κ2) is 8.34. The fourth-order valence-electron chi connectivity index (χ4n) is 2.51. The Balaban J connectivity index is 2.87. The van der Waals surface area contributed by atoms with Crippen LogP contribution in [-0.2, 0) is 14.9 Å². The lowest BCUT2D eigenvalue weighted by molar-refractivity contribution is -0.138. The number of carboxylic acid groups (broad SMARTS) is 1. The van der Waals surface area contributed by atoms with Gasteiger partial charge in [-0.25, -0.2) is 9.59 Å². The molecule has 24 heavy (non-hydrogen) atoms. The Morgan fingerprint density at radius 1 is 1.33 bits per heavy atom. The quantitative estimate of drug-likeness (QED) is 0.562. The Bertz CT molecular complexity index is 617. The summed E-state index contributed by atoms with van der Waals surface area (Å²) in [5, 5.41) is 11.4. The van der Waals surface area contributed by atoms with Gasteiger partial charge in [0.2, 0.25) is 0 Å². The Hall–Kier alpha value is -2.56. The van der Waals surface area contributed by atoms with Crippen LogP contribution in [0.25, 0.3) is 5.57 Å². The molecule has 1 atom stereocenters. The average molecular weight is 331 g/mol. The maximum atomic E-state index is 11.2. The van der Waals surface area contributed by atoms with Crippen molar-refractivity contribution < 1.29 is 19.4 Å². The molecule has 1 amide bonds. The molecule has 5 heteroatoms. The first-order chi connectivity index (χ1) is 11.2. The van der Waals surface area contributed by atoms with Gasteiger partial charge in [-0.1, -0.05) is 56.8 Å². The number of carbonyl (C=O) groups is 2. The van der Waals surface area contributed by atoms with E-state index < -0.39 is 18.1 Å². The zero-order valence-electron chi connectivity index (χ0n) is 14.5. The molecular formula is C19H25NO4. The summed E-state index contributed by atoms with van der Waals surface area (Å²) in [6.45, 7) is 13.2. The lowest BCUT2D eigenvalue weighted by Crippen LogP contribution is -2.42. The van der Waals surface area contributed by atoms with Gasteiger partial charge in [0, 0.05) is 6.08 Å². The molecule has 0 aromatic heterocycles. The summed E-state index contributed by atoms with van der Waals surface area (Å²) >= 11 is 0. The highest BCUT2D eigenvalue weighted by Crippen LogP contribution is 2.29. The van der Waals surface area contributed by atoms with E-state index in [0.29, 0.717) is 6.42 Å². The van der Waals surface area contributed by atoms with Crippen molar-refractivity contribution in [1.29, 1.82) is 0 Å². The Morgan fingerprint density at radius 3 is 2.38 bits per heavy atom. The predicted molar refractivity (Wildman–Crippen MR) is 94.9 cm³/mol. The third kappa shape index (κ3) is 5.91. The van der Waals surface area contributed by atoms with Crippen LogP contribution in [0.3, 0.4) is 0 Å². The van der Waals surface area contributed by atoms with E-state index in [1.165, 1.54) is 0 Å². The molecule has 0 heterocycles. The third-order valence-corrected chi connectivity index (χ3v) is 3.84. The molecular weight excluding hydrogens is 306 g/mol. The molecule has 1 aromatic rings. The molecule has 0 bridgehead atoms. The summed E-state index contributed by atoms with van der Waals surface area (Å²) < 4.78 is 4.99. The van der Waals surface area contributed by atoms with Crippen LogP contribution >= 0.6 is 0 Å². The minimum atomic E-state index is -1.15. The van der Waals surface area contributed by atoms with E-state index in [4.69, 9.17) is 9.84 Å². The number of ether oxygens (including phenoxy) is 1. The van der Waals surface area contributed by atoms with Gasteiger partial charge >= 0.3 is 12.1 Å². The number of nitrogens with one attached hydrogen (secondary N) is 1. The SMILES string of the molecule is C=CC(=O)OCC(CC(C)(C)c1ccc(C(=C)C)cc1)NC(=O)O. The highest BCUT2D eigenvalue weighted by Gasteiger charge is 2.27. The predicted octanol–water partition coefficient (Wildman–Crippen LogP) is 3.75. The summed E-state index contributed by atoms with van der Waals surface area (Å²) in [6.07, 6.45) is 0.387. The van der Waals surface area contributed by atoms with Gasteiger partial charge in [0.05, 0.1) is 6.04 Å². The van der Waals surface area contributed by atoms with Gasteiger partial charge in [0.1, 0.15) is 6.61 Å². The van der Waals surface area contributed by atoms with Crippen molar-refractivity contribution in [3.05, 3.63) is 54.6 Å². The first-order valence-electron chi connectivity index (χ1n) is 7.71. The number of hydrogen-bond acceptors (Lipinski definition) is 3. The van der Waals surface area contributed by atoms with Crippen LogP contribution in [0.5, 0.6) is 0 Å². The van der Waals surface area contributed by atoms with Gasteiger partial charge in [0.25, 0.3) is 0 Å². The normalized spacial score (nSPS) is 12.1. The second-order valence-electron chi connectivity index (χ2n) is 6.43. The minimum Gasteiger partial charge on any atom is -0.465 e. The molecule has 5 nitrogen and oxygen atoms in total. The van der Waals surface area contributed by atoms with E-state index in [-0.39, 0.29) is 12.0 Å². The second-order valence-corrected chi connectivity index (χ2v) is 6.43. The van der Waals surface area contributed by atoms with Crippen LogP contribution in [0.4, 0.5) is 4.79 Å². The van der Waals surface area contributed by atoms with E-state index in [2.05, 4.69) is 18.5 Å². The van der Waals surface area contributed by atoms with E-state index in [1.54, 1.807) is 0 Å². The van der Waals surface area contributed by atoms with Crippen molar-refractivity contribution >= 4 is 17.6 Å². The Kier molecular flexibility index (Phi) is 6.77. The van der Waals surface area contributed by atoms with Gasteiger partial charge < -0.3 is 15.2 Å². The van der Waals surface area contributed by atoms with Gasteiger partial charge in [0.15, 0.2) is 0 Å². The molecule has 0 aliphatic heterocycles. The number of allylic oxidation sites excluding steroid dienone is 1. The van der Waals surface area contributed by atoms with Crippen LogP contribution in [0.1, 0.15) is 38.3 Å². The number of benzene rings is 1. The molecule has 130 valence electrons. The Morgan fingerprint density at radius 2 is 1.92 bits per heavy atom. The standard InChI is InChI=1S/C19H25NO4/c1-6-17(21)24-12-16(20-18(22)23)11-19(4,5)15-9-7-14(8-10-15)13(2)3/h6-10,16,20H,1-2,11-12H2,3-5H3,(H,22,23). The van der Waals surface area contributed by atoms with E-state index >= 15 is 0 Å². The van der Waals surface area contributed by atoms with Crippen molar-refractivity contribution in [2.75, 3.05) is 6.61 Å². The highest BCUT2D eigenvalue weighted by molar-refractivity contribution is 5.81. The minimum absolute atomic E-state index is 0.0373. The smallest absolute Gasteiger partial charge is 0.404 e. The highest BCUT2D eigenvalue weighted by atomic mass is 16.5. The van der Waals surface area contributed by atoms with Gasteiger partial charge in [-0.2, -0.15) is 0 Å². The van der Waals surface area contributed by atoms with Crippen LogP contribution in [-0.4, -0.2) is 29.8 Å². The van der Waals surface area contributed by atoms with Gasteiger partial charge in [-0.05, 0) is 29.9 Å². The van der Waals surface area contributed by atoms with Crippen LogP contribution in [0, 0.1) is 0 Å². The zero-order valence-corrected chi connectivity index (χ0v) is 14.5. The average Bonchev–Trinajstić information content (AvgIpc) is 2.51. The maximum Gasteiger partial charge on any atom is 0.404 e. The maximum absolute atomic E-state index is 11.2. The van der Waals surface area contributed by atoms with Crippen molar-refractivity contribution in [1.82, 2.24) is 5.32 Å². The molecule has 2 N–H and O–H groups in total. The molecule has 0 spiro atoms. The lowest BCUT2D eigenvalue weighted by atomic mass is 9.79. The molecule has 1 aromatic carbocycles. The first-order valence-corrected chi connectivity index (χ1v) is 7.71. The number of esters is 1. The molecule has 0 aliphatic rings. The summed E-state index contributed by atoms with van der Waals surface area (Å²) in [6, 6.07) is 7.50. The number of amides is 1. The van der Waals surface area contributed by atoms with Crippen LogP contribution < -0.4 is 5.32 Å². The first kappa shape index (κ1) is 19.5. The zero-order chi connectivity index (χ0) is 18.3. The fourth-order valence-corrected chi connectivity index (χ4v) is 2.51. The molecule has 1 rings (SSSR count). The number of carbonyl (C=O) groups excluding carboxylic acids is 1. The van der Waals surface area contributed by atoms with Crippen molar-refractivity contribution in [3.8, 4) is 0 Å². The summed E-state index contributed by atoms with van der Waals surface area (Å²) in [5.41, 5.74) is 2.82. The van der Waals surface area contributed by atoms with E-state index in [1.807, 2.05) is 45.0 Å². The van der Waals surface area contributed by atoms with Gasteiger partial charge in [-0.3, -0.25) is 0 Å². The van der Waals surface area contributed by atoms with Crippen molar-refractivity contribution in [2.45, 2.75) is 38.6 Å². The molecule has 0 aliphatic carbocycles. The van der Waals surface area contributed by atoms with Crippen LogP contribution in [0.15, 0.2) is 43.5 Å². The van der Waals surface area contributed by atoms with E-state index in [9.17, 15) is 9.59 Å². The Labute approximate surface area is 143 Å². The molecule has 0 radical (unpaired) electrons. The topological polar surface area (TPSA) is 75.6 Å². The number of rotatable bonds is 8.